The molecule has 0 bridgehead atoms. The van der Waals surface area contributed by atoms with Crippen LogP contribution in [-0.4, -0.2) is 44.8 Å². The van der Waals surface area contributed by atoms with Crippen LogP contribution in [0.2, 0.25) is 0 Å². The first-order chi connectivity index (χ1) is 11.5. The number of carboxylic acids is 1. The Morgan fingerprint density at radius 3 is 2.62 bits per heavy atom. The van der Waals surface area contributed by atoms with Crippen molar-refractivity contribution in [3.8, 4) is 5.69 Å². The third kappa shape index (κ3) is 2.89. The fourth-order valence-corrected chi connectivity index (χ4v) is 3.05. The van der Waals surface area contributed by atoms with E-state index in [1.807, 2.05) is 0 Å². The Balaban J connectivity index is 2.01. The number of fused-ring (bicyclic) bond motifs is 1. The number of nitrogens with zero attached hydrogens (tertiary/aromatic N) is 3. The summed E-state index contributed by atoms with van der Waals surface area (Å²) in [7, 11) is 0. The molecule has 0 aliphatic heterocycles. The number of aliphatic carboxylic acids is 1. The van der Waals surface area contributed by atoms with Crippen LogP contribution in [-0.2, 0) is 17.6 Å². The van der Waals surface area contributed by atoms with E-state index in [0.29, 0.717) is 17.9 Å². The molecule has 1 aromatic carbocycles. The van der Waals surface area contributed by atoms with Gasteiger partial charge in [-0.15, -0.1) is 0 Å². The SMILES string of the molecule is CCN(CC(=O)O)C(=O)c1nn(-c2ccc(F)cc2)c2c1CCC2. The van der Waals surface area contributed by atoms with Crippen LogP contribution in [0.5, 0.6) is 0 Å². The molecule has 2 aromatic rings. The maximum absolute atomic E-state index is 13.1. The number of hydrogen-bond donors (Lipinski definition) is 1. The van der Waals surface area contributed by atoms with Gasteiger partial charge in [-0.3, -0.25) is 9.59 Å². The van der Waals surface area contributed by atoms with Gasteiger partial charge in [0, 0.05) is 17.8 Å². The third-order valence-electron chi connectivity index (χ3n) is 4.20. The zero-order valence-corrected chi connectivity index (χ0v) is 13.3. The van der Waals surface area contributed by atoms with Gasteiger partial charge in [0.2, 0.25) is 0 Å². The number of rotatable bonds is 5. The molecule has 0 saturated heterocycles. The number of hydrogen-bond acceptors (Lipinski definition) is 3. The number of likely N-dealkylation sites (N-methyl/N-ethyl adjacent to an activating group) is 1. The third-order valence-corrected chi connectivity index (χ3v) is 4.20. The molecule has 0 atom stereocenters. The molecular weight excluding hydrogens is 313 g/mol. The summed E-state index contributed by atoms with van der Waals surface area (Å²) in [5.41, 5.74) is 2.80. The van der Waals surface area contributed by atoms with Crippen LogP contribution < -0.4 is 0 Å². The molecule has 1 aliphatic rings. The van der Waals surface area contributed by atoms with E-state index in [-0.39, 0.29) is 18.3 Å². The second-order valence-electron chi connectivity index (χ2n) is 5.73. The van der Waals surface area contributed by atoms with Gasteiger partial charge in [-0.2, -0.15) is 5.10 Å². The zero-order valence-electron chi connectivity index (χ0n) is 13.3. The Kier molecular flexibility index (Phi) is 4.33. The molecule has 0 fully saturated rings. The van der Waals surface area contributed by atoms with Gasteiger partial charge < -0.3 is 10.0 Å². The van der Waals surface area contributed by atoms with E-state index >= 15 is 0 Å². The summed E-state index contributed by atoms with van der Waals surface area (Å²) in [6.45, 7) is 1.68. The van der Waals surface area contributed by atoms with Crippen molar-refractivity contribution in [3.63, 3.8) is 0 Å². The number of carboxylic acid groups (broad SMARTS) is 1. The number of carbonyl (C=O) groups excluding carboxylic acids is 1. The van der Waals surface area contributed by atoms with Gasteiger partial charge in [0.15, 0.2) is 5.69 Å². The first-order valence-electron chi connectivity index (χ1n) is 7.89. The van der Waals surface area contributed by atoms with Crippen molar-refractivity contribution in [3.05, 3.63) is 47.0 Å². The molecule has 7 heteroatoms. The topological polar surface area (TPSA) is 75.4 Å². The molecule has 1 heterocycles. The van der Waals surface area contributed by atoms with Crippen molar-refractivity contribution in [1.82, 2.24) is 14.7 Å². The Hall–Kier alpha value is -2.70. The first kappa shape index (κ1) is 16.2. The molecule has 126 valence electrons. The highest BCUT2D eigenvalue weighted by Crippen LogP contribution is 2.28. The second kappa shape index (κ2) is 6.43. The van der Waals surface area contributed by atoms with Crippen molar-refractivity contribution in [2.24, 2.45) is 0 Å². The lowest BCUT2D eigenvalue weighted by Gasteiger charge is -2.17. The Labute approximate surface area is 138 Å². The van der Waals surface area contributed by atoms with Gasteiger partial charge in [-0.25, -0.2) is 9.07 Å². The fraction of sp³-hybridized carbons (Fsp3) is 0.353. The van der Waals surface area contributed by atoms with Crippen LogP contribution >= 0.6 is 0 Å². The van der Waals surface area contributed by atoms with Crippen LogP contribution in [0.25, 0.3) is 5.69 Å². The van der Waals surface area contributed by atoms with Gasteiger partial charge in [-0.1, -0.05) is 0 Å². The molecule has 1 N–H and O–H groups in total. The average molecular weight is 331 g/mol. The molecule has 1 aromatic heterocycles. The smallest absolute Gasteiger partial charge is 0.323 e. The van der Waals surface area contributed by atoms with Crippen LogP contribution in [0, 0.1) is 5.82 Å². The highest BCUT2D eigenvalue weighted by Gasteiger charge is 2.29. The number of carbonyl (C=O) groups is 2. The lowest BCUT2D eigenvalue weighted by Crippen LogP contribution is -2.36. The van der Waals surface area contributed by atoms with Crippen molar-refractivity contribution in [2.45, 2.75) is 26.2 Å². The van der Waals surface area contributed by atoms with Gasteiger partial charge in [0.1, 0.15) is 12.4 Å². The second-order valence-corrected chi connectivity index (χ2v) is 5.73. The number of halogens is 1. The minimum Gasteiger partial charge on any atom is -0.480 e. The fourth-order valence-electron chi connectivity index (χ4n) is 3.05. The minimum absolute atomic E-state index is 0.295. The molecule has 0 saturated carbocycles. The highest BCUT2D eigenvalue weighted by atomic mass is 19.1. The van der Waals surface area contributed by atoms with Crippen molar-refractivity contribution < 1.29 is 19.1 Å². The monoisotopic (exact) mass is 331 g/mol. The quantitative estimate of drug-likeness (QED) is 0.910. The number of amides is 1. The summed E-state index contributed by atoms with van der Waals surface area (Å²) in [4.78, 5) is 24.9. The molecule has 24 heavy (non-hydrogen) atoms. The Morgan fingerprint density at radius 2 is 2.00 bits per heavy atom. The summed E-state index contributed by atoms with van der Waals surface area (Å²) in [6.07, 6.45) is 2.44. The predicted octanol–water partition coefficient (Wildman–Crippen LogP) is 2.05. The molecule has 6 nitrogen and oxygen atoms in total. The minimum atomic E-state index is -1.06. The molecule has 0 radical (unpaired) electrons. The van der Waals surface area contributed by atoms with Crippen molar-refractivity contribution >= 4 is 11.9 Å². The van der Waals surface area contributed by atoms with Crippen LogP contribution in [0.3, 0.4) is 0 Å². The van der Waals surface area contributed by atoms with Crippen LogP contribution in [0.1, 0.15) is 35.1 Å². The van der Waals surface area contributed by atoms with Gasteiger partial charge in [-0.05, 0) is 50.5 Å². The Bertz CT molecular complexity index is 783. The van der Waals surface area contributed by atoms with E-state index in [9.17, 15) is 14.0 Å². The van der Waals surface area contributed by atoms with E-state index in [2.05, 4.69) is 5.10 Å². The van der Waals surface area contributed by atoms with Crippen LogP contribution in [0.15, 0.2) is 24.3 Å². The molecular formula is C17H18FN3O3. The van der Waals surface area contributed by atoms with Gasteiger partial charge >= 0.3 is 5.97 Å². The maximum atomic E-state index is 13.1. The molecule has 1 amide bonds. The highest BCUT2D eigenvalue weighted by molar-refractivity contribution is 5.96. The van der Waals surface area contributed by atoms with E-state index in [4.69, 9.17) is 5.11 Å². The largest absolute Gasteiger partial charge is 0.480 e. The Morgan fingerprint density at radius 1 is 1.29 bits per heavy atom. The zero-order chi connectivity index (χ0) is 17.3. The predicted molar refractivity (Wildman–Crippen MR) is 84.8 cm³/mol. The van der Waals surface area contributed by atoms with E-state index in [0.717, 1.165) is 30.5 Å². The summed E-state index contributed by atoms with van der Waals surface area (Å²) >= 11 is 0. The summed E-state index contributed by atoms with van der Waals surface area (Å²) in [6, 6.07) is 5.93. The standard InChI is InChI=1S/C17H18FN3O3/c1-2-20(10-15(22)23)17(24)16-13-4-3-5-14(13)21(19-16)12-8-6-11(18)7-9-12/h6-9H,2-5,10H2,1H3,(H,22,23). The first-order valence-corrected chi connectivity index (χ1v) is 7.89. The number of benzene rings is 1. The summed E-state index contributed by atoms with van der Waals surface area (Å²) in [5, 5.41) is 13.4. The van der Waals surface area contributed by atoms with Crippen molar-refractivity contribution in [2.75, 3.05) is 13.1 Å². The van der Waals surface area contributed by atoms with E-state index in [1.54, 1.807) is 23.7 Å². The lowest BCUT2D eigenvalue weighted by molar-refractivity contribution is -0.137. The molecule has 1 aliphatic carbocycles. The summed E-state index contributed by atoms with van der Waals surface area (Å²) in [5.74, 6) is -1.77. The molecule has 3 rings (SSSR count). The maximum Gasteiger partial charge on any atom is 0.323 e. The average Bonchev–Trinajstić information content (AvgIpc) is 3.15. The van der Waals surface area contributed by atoms with E-state index < -0.39 is 5.97 Å². The lowest BCUT2D eigenvalue weighted by atomic mass is 10.2. The van der Waals surface area contributed by atoms with Crippen LogP contribution in [0.4, 0.5) is 4.39 Å². The normalized spacial score (nSPS) is 12.9. The van der Waals surface area contributed by atoms with Gasteiger partial charge in [0.05, 0.1) is 5.69 Å². The summed E-state index contributed by atoms with van der Waals surface area (Å²) < 4.78 is 14.8. The van der Waals surface area contributed by atoms with Gasteiger partial charge in [0.25, 0.3) is 5.91 Å². The van der Waals surface area contributed by atoms with Crippen molar-refractivity contribution in [1.29, 1.82) is 0 Å². The molecule has 0 unspecified atom stereocenters. The van der Waals surface area contributed by atoms with E-state index in [1.165, 1.54) is 17.0 Å². The number of aromatic nitrogens is 2. The molecule has 0 spiro atoms.